The number of aryl methyl sites for hydroxylation is 1. The number of carboxylic acids is 1. The zero-order valence-corrected chi connectivity index (χ0v) is 11.2. The summed E-state index contributed by atoms with van der Waals surface area (Å²) in [5.41, 5.74) is 0.497. The average Bonchev–Trinajstić information content (AvgIpc) is 2.35. The molecule has 19 heavy (non-hydrogen) atoms. The molecule has 104 valence electrons. The topological polar surface area (TPSA) is 96.6 Å². The number of nitro groups is 1. The van der Waals surface area contributed by atoms with Crippen LogP contribution in [-0.2, 0) is 4.79 Å². The Kier molecular flexibility index (Phi) is 4.80. The van der Waals surface area contributed by atoms with Gasteiger partial charge in [0.1, 0.15) is 6.54 Å². The lowest BCUT2D eigenvalue weighted by molar-refractivity contribution is -0.384. The van der Waals surface area contributed by atoms with Crippen LogP contribution < -0.4 is 4.90 Å². The van der Waals surface area contributed by atoms with E-state index in [1.54, 1.807) is 6.92 Å². The number of aromatic nitrogens is 1. The number of aliphatic carboxylic acids is 1. The van der Waals surface area contributed by atoms with E-state index in [2.05, 4.69) is 4.98 Å². The summed E-state index contributed by atoms with van der Waals surface area (Å²) in [6.45, 7) is 5.09. The molecular weight excluding hydrogens is 250 g/mol. The minimum Gasteiger partial charge on any atom is -0.480 e. The van der Waals surface area contributed by atoms with Crippen LogP contribution >= 0.6 is 0 Å². The maximum Gasteiger partial charge on any atom is 0.323 e. The molecule has 7 heteroatoms. The van der Waals surface area contributed by atoms with Crippen molar-refractivity contribution < 1.29 is 14.8 Å². The van der Waals surface area contributed by atoms with Gasteiger partial charge in [0, 0.05) is 18.3 Å². The van der Waals surface area contributed by atoms with E-state index in [4.69, 9.17) is 5.11 Å². The second kappa shape index (κ2) is 6.12. The molecule has 1 rings (SSSR count). The highest BCUT2D eigenvalue weighted by atomic mass is 16.6. The first-order valence-corrected chi connectivity index (χ1v) is 5.96. The average molecular weight is 267 g/mol. The highest BCUT2D eigenvalue weighted by Gasteiger charge is 2.26. The summed E-state index contributed by atoms with van der Waals surface area (Å²) < 4.78 is 0. The SMILES string of the molecule is CCC(C)N(CC(=O)O)c1ncc(C)cc1[N+](=O)[O-]. The van der Waals surface area contributed by atoms with Gasteiger partial charge in [-0.15, -0.1) is 0 Å². The second-order valence-corrected chi connectivity index (χ2v) is 4.39. The monoisotopic (exact) mass is 267 g/mol. The molecule has 1 aromatic heterocycles. The van der Waals surface area contributed by atoms with E-state index >= 15 is 0 Å². The van der Waals surface area contributed by atoms with Crippen molar-refractivity contribution in [1.29, 1.82) is 0 Å². The van der Waals surface area contributed by atoms with E-state index in [-0.39, 0.29) is 24.1 Å². The van der Waals surface area contributed by atoms with Crippen LogP contribution in [0.5, 0.6) is 0 Å². The summed E-state index contributed by atoms with van der Waals surface area (Å²) in [7, 11) is 0. The molecule has 1 atom stereocenters. The molecule has 1 aromatic rings. The van der Waals surface area contributed by atoms with Crippen LogP contribution in [0.3, 0.4) is 0 Å². The Morgan fingerprint density at radius 1 is 1.63 bits per heavy atom. The van der Waals surface area contributed by atoms with Gasteiger partial charge >= 0.3 is 11.7 Å². The van der Waals surface area contributed by atoms with Crippen molar-refractivity contribution in [2.24, 2.45) is 0 Å². The summed E-state index contributed by atoms with van der Waals surface area (Å²) in [6, 6.07) is 1.25. The van der Waals surface area contributed by atoms with Gasteiger partial charge in [0.05, 0.1) is 4.92 Å². The molecule has 1 N–H and O–H groups in total. The molecule has 0 aliphatic carbocycles. The molecule has 0 aromatic carbocycles. The molecule has 7 nitrogen and oxygen atoms in total. The summed E-state index contributed by atoms with van der Waals surface area (Å²) in [5, 5.41) is 20.0. The highest BCUT2D eigenvalue weighted by molar-refractivity contribution is 5.75. The molecule has 0 aliphatic rings. The number of anilines is 1. The van der Waals surface area contributed by atoms with Crippen molar-refractivity contribution in [1.82, 2.24) is 4.98 Å². The van der Waals surface area contributed by atoms with E-state index in [9.17, 15) is 14.9 Å². The number of rotatable bonds is 6. The highest BCUT2D eigenvalue weighted by Crippen LogP contribution is 2.28. The molecule has 0 radical (unpaired) electrons. The smallest absolute Gasteiger partial charge is 0.323 e. The molecule has 1 unspecified atom stereocenters. The molecule has 0 saturated heterocycles. The third-order valence-corrected chi connectivity index (χ3v) is 2.88. The largest absolute Gasteiger partial charge is 0.480 e. The molecule has 0 bridgehead atoms. The van der Waals surface area contributed by atoms with Crippen molar-refractivity contribution in [3.8, 4) is 0 Å². The van der Waals surface area contributed by atoms with Crippen LogP contribution in [0, 0.1) is 17.0 Å². The zero-order valence-electron chi connectivity index (χ0n) is 11.2. The number of nitrogens with zero attached hydrogens (tertiary/aromatic N) is 3. The van der Waals surface area contributed by atoms with Gasteiger partial charge in [-0.05, 0) is 25.8 Å². The Morgan fingerprint density at radius 3 is 2.74 bits per heavy atom. The van der Waals surface area contributed by atoms with Crippen molar-refractivity contribution in [2.75, 3.05) is 11.4 Å². The predicted octanol–water partition coefficient (Wildman–Crippen LogP) is 1.99. The lowest BCUT2D eigenvalue weighted by Gasteiger charge is -2.27. The molecule has 0 fully saturated rings. The van der Waals surface area contributed by atoms with Crippen molar-refractivity contribution in [2.45, 2.75) is 33.2 Å². The van der Waals surface area contributed by atoms with Gasteiger partial charge in [-0.25, -0.2) is 4.98 Å². The summed E-state index contributed by atoms with van der Waals surface area (Å²) in [6.07, 6.45) is 2.17. The Bertz CT molecular complexity index is 490. The molecule has 1 heterocycles. The van der Waals surface area contributed by atoms with Crippen molar-refractivity contribution >= 4 is 17.5 Å². The minimum atomic E-state index is -1.04. The van der Waals surface area contributed by atoms with Gasteiger partial charge < -0.3 is 10.0 Å². The molecular formula is C12H17N3O4. The van der Waals surface area contributed by atoms with E-state index in [0.717, 1.165) is 0 Å². The number of carbonyl (C=O) groups is 1. The summed E-state index contributed by atoms with van der Waals surface area (Å²) in [5.74, 6) is -0.940. The van der Waals surface area contributed by atoms with Crippen molar-refractivity contribution in [3.63, 3.8) is 0 Å². The first kappa shape index (κ1) is 14.9. The van der Waals surface area contributed by atoms with Gasteiger partial charge in [0.25, 0.3) is 0 Å². The summed E-state index contributed by atoms with van der Waals surface area (Å²) in [4.78, 5) is 26.9. The minimum absolute atomic E-state index is 0.104. The lowest BCUT2D eigenvalue weighted by atomic mass is 10.2. The van der Waals surface area contributed by atoms with Gasteiger partial charge in [-0.2, -0.15) is 0 Å². The van der Waals surface area contributed by atoms with Gasteiger partial charge in [-0.1, -0.05) is 6.92 Å². The quantitative estimate of drug-likeness (QED) is 0.625. The Balaban J connectivity index is 3.28. The Labute approximate surface area is 111 Å². The number of carboxylic acid groups (broad SMARTS) is 1. The normalized spacial score (nSPS) is 11.9. The first-order valence-electron chi connectivity index (χ1n) is 5.96. The van der Waals surface area contributed by atoms with E-state index in [1.165, 1.54) is 17.2 Å². The second-order valence-electron chi connectivity index (χ2n) is 4.39. The van der Waals surface area contributed by atoms with E-state index < -0.39 is 10.9 Å². The lowest BCUT2D eigenvalue weighted by Crippen LogP contribution is -2.38. The Hall–Kier alpha value is -2.18. The predicted molar refractivity (Wildman–Crippen MR) is 70.4 cm³/mol. The third-order valence-electron chi connectivity index (χ3n) is 2.88. The summed E-state index contributed by atoms with van der Waals surface area (Å²) >= 11 is 0. The molecule has 0 amide bonds. The maximum absolute atomic E-state index is 11.1. The number of pyridine rings is 1. The fraction of sp³-hybridized carbons (Fsp3) is 0.500. The van der Waals surface area contributed by atoms with Crippen molar-refractivity contribution in [3.05, 3.63) is 27.9 Å². The van der Waals surface area contributed by atoms with Crippen LogP contribution in [0.2, 0.25) is 0 Å². The van der Waals surface area contributed by atoms with Crippen LogP contribution in [0.25, 0.3) is 0 Å². The van der Waals surface area contributed by atoms with E-state index in [1.807, 2.05) is 13.8 Å². The van der Waals surface area contributed by atoms with Crippen LogP contribution in [-0.4, -0.2) is 33.6 Å². The fourth-order valence-electron chi connectivity index (χ4n) is 1.71. The third kappa shape index (κ3) is 3.64. The van der Waals surface area contributed by atoms with Crippen LogP contribution in [0.15, 0.2) is 12.3 Å². The molecule has 0 spiro atoms. The number of hydrogen-bond donors (Lipinski definition) is 1. The van der Waals surface area contributed by atoms with Crippen LogP contribution in [0.1, 0.15) is 25.8 Å². The van der Waals surface area contributed by atoms with Crippen LogP contribution in [0.4, 0.5) is 11.5 Å². The first-order chi connectivity index (χ1) is 8.86. The standard InChI is InChI=1S/C12H17N3O4/c1-4-9(3)14(7-11(16)17)12-10(15(18)19)5-8(2)6-13-12/h5-6,9H,4,7H2,1-3H3,(H,16,17). The Morgan fingerprint density at radius 2 is 2.26 bits per heavy atom. The van der Waals surface area contributed by atoms with Gasteiger partial charge in [0.2, 0.25) is 5.82 Å². The number of hydrogen-bond acceptors (Lipinski definition) is 5. The van der Waals surface area contributed by atoms with Gasteiger partial charge in [-0.3, -0.25) is 14.9 Å². The fourth-order valence-corrected chi connectivity index (χ4v) is 1.71. The molecule has 0 saturated carbocycles. The molecule has 0 aliphatic heterocycles. The maximum atomic E-state index is 11.1. The van der Waals surface area contributed by atoms with Gasteiger partial charge in [0.15, 0.2) is 0 Å². The van der Waals surface area contributed by atoms with E-state index in [0.29, 0.717) is 12.0 Å². The zero-order chi connectivity index (χ0) is 14.6.